The zero-order valence-electron chi connectivity index (χ0n) is 19.1. The molecule has 3 atom stereocenters. The monoisotopic (exact) mass is 469 g/mol. The van der Waals surface area contributed by atoms with Gasteiger partial charge >= 0.3 is 6.09 Å². The molecule has 2 unspecified atom stereocenters. The Morgan fingerprint density at radius 3 is 2.42 bits per heavy atom. The predicted octanol–water partition coefficient (Wildman–Crippen LogP) is 3.82. The molecule has 2 aliphatic rings. The minimum absolute atomic E-state index is 0.0373. The summed E-state index contributed by atoms with van der Waals surface area (Å²) in [5.74, 6) is 1.57. The van der Waals surface area contributed by atoms with Crippen LogP contribution in [0.3, 0.4) is 0 Å². The van der Waals surface area contributed by atoms with Gasteiger partial charge in [0.05, 0.1) is 18.7 Å². The first-order valence-electron chi connectivity index (χ1n) is 11.3. The molecule has 2 aliphatic heterocycles. The van der Waals surface area contributed by atoms with Crippen molar-refractivity contribution in [2.45, 2.75) is 17.4 Å². The highest BCUT2D eigenvalue weighted by Gasteiger charge is 2.42. The minimum atomic E-state index is -1.00. The number of thioether (sulfide) groups is 1. The summed E-state index contributed by atoms with van der Waals surface area (Å²) in [6, 6.07) is 15.3. The number of carbonyl (C=O) groups is 2. The van der Waals surface area contributed by atoms with E-state index in [-0.39, 0.29) is 11.9 Å². The molecule has 176 valence electrons. The zero-order chi connectivity index (χ0) is 23.4. The number of carbonyl (C=O) groups excluding carboxylic acids is 1. The Bertz CT molecular complexity index is 973. The van der Waals surface area contributed by atoms with E-state index in [2.05, 4.69) is 10.2 Å². The van der Waals surface area contributed by atoms with Crippen molar-refractivity contribution in [1.82, 2.24) is 15.1 Å². The smallest absolute Gasteiger partial charge is 0.405 e. The highest BCUT2D eigenvalue weighted by Crippen LogP contribution is 2.34. The van der Waals surface area contributed by atoms with Gasteiger partial charge in [-0.15, -0.1) is 11.8 Å². The van der Waals surface area contributed by atoms with Crippen molar-refractivity contribution in [2.24, 2.45) is 11.8 Å². The second-order valence-electron chi connectivity index (χ2n) is 8.76. The molecule has 0 saturated carbocycles. The molecule has 2 fully saturated rings. The van der Waals surface area contributed by atoms with Gasteiger partial charge in [0.25, 0.3) is 5.91 Å². The fourth-order valence-electron chi connectivity index (χ4n) is 5.05. The topological polar surface area (TPSA) is 82.1 Å². The average Bonchev–Trinajstić information content (AvgIpc) is 3.40. The highest BCUT2D eigenvalue weighted by atomic mass is 32.2. The lowest BCUT2D eigenvalue weighted by Gasteiger charge is -2.24. The Hall–Kier alpha value is -2.71. The first kappa shape index (κ1) is 23.4. The maximum atomic E-state index is 13.2. The molecule has 2 amide bonds. The van der Waals surface area contributed by atoms with E-state index in [1.165, 1.54) is 0 Å². The third-order valence-electron chi connectivity index (χ3n) is 6.72. The lowest BCUT2D eigenvalue weighted by molar-refractivity contribution is 0.0770. The summed E-state index contributed by atoms with van der Waals surface area (Å²) in [7, 11) is 1.61. The first-order chi connectivity index (χ1) is 16.0. The molecule has 8 heteroatoms. The number of hydrogen-bond donors (Lipinski definition) is 2. The number of amides is 2. The Morgan fingerprint density at radius 1 is 1.12 bits per heavy atom. The number of hydrogen-bond acceptors (Lipinski definition) is 5. The first-order valence-corrected chi connectivity index (χ1v) is 12.5. The van der Waals surface area contributed by atoms with E-state index in [0.717, 1.165) is 49.6 Å². The van der Waals surface area contributed by atoms with Crippen molar-refractivity contribution in [3.05, 3.63) is 59.7 Å². The summed E-state index contributed by atoms with van der Waals surface area (Å²) in [5.41, 5.74) is 1.61. The number of benzene rings is 2. The van der Waals surface area contributed by atoms with Crippen LogP contribution >= 0.6 is 11.8 Å². The molecule has 33 heavy (non-hydrogen) atoms. The van der Waals surface area contributed by atoms with Crippen LogP contribution in [0, 0.1) is 11.8 Å². The number of fused-ring (bicyclic) bond motifs is 1. The molecule has 4 rings (SSSR count). The molecular weight excluding hydrogens is 438 g/mol. The van der Waals surface area contributed by atoms with Crippen molar-refractivity contribution in [2.75, 3.05) is 46.1 Å². The van der Waals surface area contributed by atoms with Gasteiger partial charge < -0.3 is 25.0 Å². The van der Waals surface area contributed by atoms with Crippen LogP contribution in [0.5, 0.6) is 5.75 Å². The average molecular weight is 470 g/mol. The van der Waals surface area contributed by atoms with Crippen LogP contribution in [-0.4, -0.2) is 73.0 Å². The molecule has 2 aromatic carbocycles. The van der Waals surface area contributed by atoms with Gasteiger partial charge in [0, 0.05) is 37.6 Å². The van der Waals surface area contributed by atoms with Crippen LogP contribution in [-0.2, 0) is 0 Å². The van der Waals surface area contributed by atoms with Crippen LogP contribution in [0.2, 0.25) is 0 Å². The second-order valence-corrected chi connectivity index (χ2v) is 9.64. The lowest BCUT2D eigenvalue weighted by Crippen LogP contribution is -2.35. The summed E-state index contributed by atoms with van der Waals surface area (Å²) >= 11 is 1.63. The van der Waals surface area contributed by atoms with E-state index in [1.54, 1.807) is 18.9 Å². The third kappa shape index (κ3) is 5.45. The molecule has 2 heterocycles. The maximum Gasteiger partial charge on any atom is 0.405 e. The van der Waals surface area contributed by atoms with Gasteiger partial charge in [-0.25, -0.2) is 4.79 Å². The molecular formula is C25H31N3O4S. The summed E-state index contributed by atoms with van der Waals surface area (Å²) in [4.78, 5) is 29.9. The van der Waals surface area contributed by atoms with E-state index in [4.69, 9.17) is 4.74 Å². The minimum Gasteiger partial charge on any atom is -0.496 e. The van der Waals surface area contributed by atoms with E-state index < -0.39 is 6.09 Å². The van der Waals surface area contributed by atoms with Gasteiger partial charge in [-0.1, -0.05) is 30.3 Å². The summed E-state index contributed by atoms with van der Waals surface area (Å²) in [6.07, 6.45) is 1.72. The molecule has 2 saturated heterocycles. The number of ether oxygens (including phenoxy) is 1. The largest absolute Gasteiger partial charge is 0.496 e. The van der Waals surface area contributed by atoms with Crippen LogP contribution in [0.1, 0.15) is 28.4 Å². The highest BCUT2D eigenvalue weighted by molar-refractivity contribution is 7.98. The molecule has 0 aromatic heterocycles. The molecule has 0 spiro atoms. The second kappa shape index (κ2) is 10.5. The number of likely N-dealkylation sites (tertiary alicyclic amines) is 2. The Morgan fingerprint density at radius 2 is 1.82 bits per heavy atom. The number of methoxy groups -OCH3 is 1. The number of nitrogens with one attached hydrogen (secondary N) is 1. The standard InChI is InChI=1S/C25H31N3O4S/c1-32-23-12-20(33-2)8-9-21(23)24(29)28-15-18-13-27(14-19(18)16-28)11-10-22(26-25(30)31)17-6-4-3-5-7-17/h3-9,12,18-19,22,26H,10-11,13-16H2,1-2H3,(H,30,31)/t18-,19?,22?/m0/s1. The lowest BCUT2D eigenvalue weighted by atomic mass is 10.0. The quantitative estimate of drug-likeness (QED) is 0.572. The molecule has 2 aromatic rings. The van der Waals surface area contributed by atoms with Crippen molar-refractivity contribution < 1.29 is 19.4 Å². The zero-order valence-corrected chi connectivity index (χ0v) is 19.9. The van der Waals surface area contributed by atoms with Crippen molar-refractivity contribution >= 4 is 23.8 Å². The predicted molar refractivity (Wildman–Crippen MR) is 129 cm³/mol. The summed E-state index contributed by atoms with van der Waals surface area (Å²) in [5, 5.41) is 11.9. The van der Waals surface area contributed by atoms with E-state index in [9.17, 15) is 14.7 Å². The Kier molecular flexibility index (Phi) is 7.45. The molecule has 0 radical (unpaired) electrons. The SMILES string of the molecule is COc1cc(SC)ccc1C(=O)N1CC2CN(CCC(NC(=O)O)c3ccccc3)C[C@H]2C1. The molecule has 0 aliphatic carbocycles. The fourth-order valence-corrected chi connectivity index (χ4v) is 5.48. The maximum absolute atomic E-state index is 13.2. The van der Waals surface area contributed by atoms with Gasteiger partial charge in [0.2, 0.25) is 0 Å². The summed E-state index contributed by atoms with van der Waals surface area (Å²) < 4.78 is 5.48. The van der Waals surface area contributed by atoms with Crippen LogP contribution in [0.25, 0.3) is 0 Å². The van der Waals surface area contributed by atoms with Gasteiger partial charge in [-0.2, -0.15) is 0 Å². The molecule has 0 bridgehead atoms. The van der Waals surface area contributed by atoms with E-state index in [1.807, 2.05) is 59.7 Å². The third-order valence-corrected chi connectivity index (χ3v) is 7.45. The van der Waals surface area contributed by atoms with E-state index >= 15 is 0 Å². The Labute approximate surface area is 199 Å². The Balaban J connectivity index is 1.33. The van der Waals surface area contributed by atoms with Gasteiger partial charge in [0.1, 0.15) is 5.75 Å². The van der Waals surface area contributed by atoms with Crippen LogP contribution in [0.4, 0.5) is 4.79 Å². The van der Waals surface area contributed by atoms with Gasteiger partial charge in [-0.05, 0) is 48.3 Å². The number of rotatable bonds is 8. The van der Waals surface area contributed by atoms with Crippen molar-refractivity contribution in [3.8, 4) is 5.75 Å². The summed E-state index contributed by atoms with van der Waals surface area (Å²) in [6.45, 7) is 4.20. The fraction of sp³-hybridized carbons (Fsp3) is 0.440. The molecule has 7 nitrogen and oxygen atoms in total. The van der Waals surface area contributed by atoms with Crippen LogP contribution < -0.4 is 10.1 Å². The van der Waals surface area contributed by atoms with Crippen molar-refractivity contribution in [3.63, 3.8) is 0 Å². The van der Waals surface area contributed by atoms with Crippen LogP contribution in [0.15, 0.2) is 53.4 Å². The normalized spacial score (nSPS) is 21.0. The van der Waals surface area contributed by atoms with Crippen molar-refractivity contribution in [1.29, 1.82) is 0 Å². The van der Waals surface area contributed by atoms with Gasteiger partial charge in [0.15, 0.2) is 0 Å². The molecule has 2 N–H and O–H groups in total. The number of carboxylic acid groups (broad SMARTS) is 1. The van der Waals surface area contributed by atoms with Gasteiger partial charge in [-0.3, -0.25) is 4.79 Å². The number of nitrogens with zero attached hydrogens (tertiary/aromatic N) is 2. The van der Waals surface area contributed by atoms with E-state index in [0.29, 0.717) is 23.1 Å².